The Hall–Kier alpha value is -3.27. The van der Waals surface area contributed by atoms with Crippen molar-refractivity contribution >= 4 is 35.0 Å². The first kappa shape index (κ1) is 22.4. The second-order valence-corrected chi connectivity index (χ2v) is 7.55. The standard InChI is InChI=1S/C21H19F3N4O2S/c22-21(23,24)13-31-18-7-2-1-6-17(18)27-20(30)15-4-3-5-16(12-15)26-19(29)8-10-28-11-9-25-14-28/h1-7,9,11-12,14H,8,10,13H2,(H,26,29)(H,27,30). The van der Waals surface area contributed by atoms with Crippen LogP contribution in [-0.4, -0.2) is 33.3 Å². The summed E-state index contributed by atoms with van der Waals surface area (Å²) in [6.07, 6.45) is 0.911. The van der Waals surface area contributed by atoms with E-state index in [0.29, 0.717) is 28.9 Å². The number of hydrogen-bond donors (Lipinski definition) is 2. The van der Waals surface area contributed by atoms with E-state index in [2.05, 4.69) is 15.6 Å². The number of benzene rings is 2. The van der Waals surface area contributed by atoms with Crippen LogP contribution in [0, 0.1) is 0 Å². The summed E-state index contributed by atoms with van der Waals surface area (Å²) in [5, 5.41) is 5.37. The molecule has 0 aliphatic heterocycles. The van der Waals surface area contributed by atoms with Crippen molar-refractivity contribution in [2.45, 2.75) is 24.0 Å². The van der Waals surface area contributed by atoms with Gasteiger partial charge in [-0.1, -0.05) is 18.2 Å². The lowest BCUT2D eigenvalue weighted by Gasteiger charge is -2.12. The van der Waals surface area contributed by atoms with Crippen LogP contribution in [0.4, 0.5) is 24.5 Å². The number of carbonyl (C=O) groups is 2. The molecule has 0 fully saturated rings. The monoisotopic (exact) mass is 448 g/mol. The highest BCUT2D eigenvalue weighted by Gasteiger charge is 2.27. The number of aryl methyl sites for hydroxylation is 1. The van der Waals surface area contributed by atoms with E-state index in [1.165, 1.54) is 12.1 Å². The average Bonchev–Trinajstić information content (AvgIpc) is 3.25. The number of aromatic nitrogens is 2. The Balaban J connectivity index is 1.62. The fourth-order valence-corrected chi connectivity index (χ4v) is 3.43. The van der Waals surface area contributed by atoms with Crippen molar-refractivity contribution in [1.29, 1.82) is 0 Å². The second kappa shape index (κ2) is 10.2. The van der Waals surface area contributed by atoms with E-state index in [1.54, 1.807) is 59.7 Å². The number of hydrogen-bond acceptors (Lipinski definition) is 4. The molecule has 0 spiro atoms. The van der Waals surface area contributed by atoms with Gasteiger partial charge in [0.15, 0.2) is 0 Å². The Labute approximate surface area is 180 Å². The van der Waals surface area contributed by atoms with E-state index < -0.39 is 17.8 Å². The number of rotatable bonds is 8. The van der Waals surface area contributed by atoms with Gasteiger partial charge in [-0.3, -0.25) is 9.59 Å². The molecule has 2 amide bonds. The fraction of sp³-hybridized carbons (Fsp3) is 0.190. The number of carbonyl (C=O) groups excluding carboxylic acids is 2. The van der Waals surface area contributed by atoms with Gasteiger partial charge < -0.3 is 15.2 Å². The molecular formula is C21H19F3N4O2S. The highest BCUT2D eigenvalue weighted by Crippen LogP contribution is 2.32. The van der Waals surface area contributed by atoms with Gasteiger partial charge >= 0.3 is 6.18 Å². The van der Waals surface area contributed by atoms with Crippen molar-refractivity contribution in [3.8, 4) is 0 Å². The third-order valence-electron chi connectivity index (χ3n) is 4.09. The third kappa shape index (κ3) is 7.18. The van der Waals surface area contributed by atoms with Crippen LogP contribution in [0.1, 0.15) is 16.8 Å². The van der Waals surface area contributed by atoms with E-state index in [-0.39, 0.29) is 23.6 Å². The number of nitrogens with one attached hydrogen (secondary N) is 2. The predicted molar refractivity (Wildman–Crippen MR) is 113 cm³/mol. The molecule has 10 heteroatoms. The van der Waals surface area contributed by atoms with Gasteiger partial charge in [0.05, 0.1) is 17.8 Å². The minimum Gasteiger partial charge on any atom is -0.337 e. The molecule has 0 radical (unpaired) electrons. The van der Waals surface area contributed by atoms with E-state index in [0.717, 1.165) is 0 Å². The molecule has 2 aromatic carbocycles. The number of nitrogens with zero attached hydrogens (tertiary/aromatic N) is 2. The van der Waals surface area contributed by atoms with Crippen LogP contribution < -0.4 is 10.6 Å². The minimum absolute atomic E-state index is 0.222. The summed E-state index contributed by atoms with van der Waals surface area (Å²) in [6, 6.07) is 12.6. The lowest BCUT2D eigenvalue weighted by atomic mass is 10.1. The Kier molecular flexibility index (Phi) is 7.35. The van der Waals surface area contributed by atoms with Gasteiger partial charge in [0.1, 0.15) is 0 Å². The van der Waals surface area contributed by atoms with Gasteiger partial charge in [0.2, 0.25) is 5.91 Å². The third-order valence-corrected chi connectivity index (χ3v) is 5.23. The number of amides is 2. The Morgan fingerprint density at radius 2 is 1.87 bits per heavy atom. The lowest BCUT2D eigenvalue weighted by Crippen LogP contribution is -2.16. The highest BCUT2D eigenvalue weighted by atomic mass is 32.2. The summed E-state index contributed by atoms with van der Waals surface area (Å²) in [5.74, 6) is -1.77. The van der Waals surface area contributed by atoms with Gasteiger partial charge in [-0.15, -0.1) is 11.8 Å². The normalized spacial score (nSPS) is 11.2. The number of anilines is 2. The van der Waals surface area contributed by atoms with Gasteiger partial charge in [-0.2, -0.15) is 13.2 Å². The first-order valence-corrected chi connectivity index (χ1v) is 10.2. The zero-order valence-corrected chi connectivity index (χ0v) is 17.0. The molecule has 1 aromatic heterocycles. The maximum Gasteiger partial charge on any atom is 0.398 e. The molecule has 162 valence electrons. The average molecular weight is 448 g/mol. The molecule has 6 nitrogen and oxygen atoms in total. The first-order valence-electron chi connectivity index (χ1n) is 9.26. The fourth-order valence-electron chi connectivity index (χ4n) is 2.66. The quantitative estimate of drug-likeness (QED) is 0.485. The van der Waals surface area contributed by atoms with Gasteiger partial charge in [0.25, 0.3) is 5.91 Å². The Bertz CT molecular complexity index is 1040. The van der Waals surface area contributed by atoms with E-state index in [1.807, 2.05) is 0 Å². The summed E-state index contributed by atoms with van der Waals surface area (Å²) in [6.45, 7) is 0.471. The maximum atomic E-state index is 12.6. The summed E-state index contributed by atoms with van der Waals surface area (Å²) in [7, 11) is 0. The second-order valence-electron chi connectivity index (χ2n) is 6.53. The van der Waals surface area contributed by atoms with Crippen LogP contribution in [0.5, 0.6) is 0 Å². The molecule has 0 aliphatic carbocycles. The van der Waals surface area contributed by atoms with Crippen LogP contribution in [0.3, 0.4) is 0 Å². The van der Waals surface area contributed by atoms with Crippen molar-refractivity contribution in [2.75, 3.05) is 16.4 Å². The molecule has 0 bridgehead atoms. The molecule has 0 saturated heterocycles. The van der Waals surface area contributed by atoms with E-state index in [9.17, 15) is 22.8 Å². The summed E-state index contributed by atoms with van der Waals surface area (Å²) in [5.41, 5.74) is 1.00. The van der Waals surface area contributed by atoms with Crippen molar-refractivity contribution < 1.29 is 22.8 Å². The summed E-state index contributed by atoms with van der Waals surface area (Å²) < 4.78 is 39.4. The van der Waals surface area contributed by atoms with Crippen molar-refractivity contribution in [3.63, 3.8) is 0 Å². The topological polar surface area (TPSA) is 76.0 Å². The van der Waals surface area contributed by atoms with Gasteiger partial charge in [-0.25, -0.2) is 4.98 Å². The molecule has 0 unspecified atom stereocenters. The smallest absolute Gasteiger partial charge is 0.337 e. The molecule has 31 heavy (non-hydrogen) atoms. The van der Waals surface area contributed by atoms with Crippen molar-refractivity contribution in [2.24, 2.45) is 0 Å². The largest absolute Gasteiger partial charge is 0.398 e. The number of alkyl halides is 3. The zero-order valence-electron chi connectivity index (χ0n) is 16.2. The van der Waals surface area contributed by atoms with Crippen LogP contribution in [-0.2, 0) is 11.3 Å². The molecule has 3 aromatic rings. The predicted octanol–water partition coefficient (Wildman–Crippen LogP) is 4.82. The van der Waals surface area contributed by atoms with Gasteiger partial charge in [-0.05, 0) is 30.3 Å². The van der Waals surface area contributed by atoms with Crippen LogP contribution in [0.15, 0.2) is 72.1 Å². The van der Waals surface area contributed by atoms with Crippen LogP contribution >= 0.6 is 11.8 Å². The lowest BCUT2D eigenvalue weighted by molar-refractivity contribution is -0.116. The number of imidazole rings is 1. The summed E-state index contributed by atoms with van der Waals surface area (Å²) in [4.78, 5) is 29.0. The van der Waals surface area contributed by atoms with Gasteiger partial charge in [0, 0.05) is 41.5 Å². The molecular weight excluding hydrogens is 429 g/mol. The van der Waals surface area contributed by atoms with Crippen LogP contribution in [0.2, 0.25) is 0 Å². The summed E-state index contributed by atoms with van der Waals surface area (Å²) >= 11 is 0.604. The SMILES string of the molecule is O=C(CCn1ccnc1)Nc1cccc(C(=O)Nc2ccccc2SCC(F)(F)F)c1. The number of thioether (sulfide) groups is 1. The van der Waals surface area contributed by atoms with Crippen LogP contribution in [0.25, 0.3) is 0 Å². The van der Waals surface area contributed by atoms with Crippen molar-refractivity contribution in [1.82, 2.24) is 9.55 Å². The highest BCUT2D eigenvalue weighted by molar-refractivity contribution is 7.99. The molecule has 0 saturated carbocycles. The Morgan fingerprint density at radius 1 is 1.06 bits per heavy atom. The minimum atomic E-state index is -4.31. The molecule has 0 atom stereocenters. The Morgan fingerprint density at radius 3 is 2.61 bits per heavy atom. The zero-order chi connectivity index (χ0) is 22.3. The molecule has 1 heterocycles. The molecule has 2 N–H and O–H groups in total. The van der Waals surface area contributed by atoms with E-state index in [4.69, 9.17) is 0 Å². The molecule has 0 aliphatic rings. The van der Waals surface area contributed by atoms with Crippen molar-refractivity contribution in [3.05, 3.63) is 72.8 Å². The molecule has 3 rings (SSSR count). The first-order chi connectivity index (χ1) is 14.8. The number of para-hydroxylation sites is 1. The number of halogens is 3. The van der Waals surface area contributed by atoms with E-state index >= 15 is 0 Å². The maximum absolute atomic E-state index is 12.6.